The van der Waals surface area contributed by atoms with E-state index in [1.807, 2.05) is 17.0 Å². The van der Waals surface area contributed by atoms with E-state index in [1.54, 1.807) is 0 Å². The Balaban J connectivity index is 1.79. The number of carbonyl (C=O) groups excluding carboxylic acids is 1. The summed E-state index contributed by atoms with van der Waals surface area (Å²) in [4.78, 5) is 14.6. The van der Waals surface area contributed by atoms with Crippen LogP contribution >= 0.6 is 0 Å². The van der Waals surface area contributed by atoms with Crippen LogP contribution in [-0.2, 0) is 4.79 Å². The van der Waals surface area contributed by atoms with Gasteiger partial charge in [-0.05, 0) is 23.5 Å². The van der Waals surface area contributed by atoms with Crippen molar-refractivity contribution in [1.82, 2.24) is 4.90 Å². The number of nitrogens with zero attached hydrogens (tertiary/aromatic N) is 1. The Morgan fingerprint density at radius 2 is 1.89 bits per heavy atom. The molecule has 0 bridgehead atoms. The van der Waals surface area contributed by atoms with Crippen LogP contribution in [0.15, 0.2) is 24.3 Å². The average Bonchev–Trinajstić information content (AvgIpc) is 2.93. The van der Waals surface area contributed by atoms with Crippen LogP contribution in [0.1, 0.15) is 25.3 Å². The molecule has 18 heavy (non-hydrogen) atoms. The van der Waals surface area contributed by atoms with Crippen molar-refractivity contribution in [3.63, 3.8) is 0 Å². The first-order valence-electron chi connectivity index (χ1n) is 6.78. The molecule has 96 valence electrons. The SMILES string of the molecule is CC1CN(C(=O)C2CNc3ccccc32)CC1C. The van der Waals surface area contributed by atoms with Crippen molar-refractivity contribution in [3.05, 3.63) is 29.8 Å². The number of amides is 1. The fourth-order valence-corrected chi connectivity index (χ4v) is 3.03. The molecule has 3 rings (SSSR count). The van der Waals surface area contributed by atoms with Crippen LogP contribution in [0.25, 0.3) is 0 Å². The van der Waals surface area contributed by atoms with Gasteiger partial charge in [0.1, 0.15) is 0 Å². The number of nitrogens with one attached hydrogen (secondary N) is 1. The summed E-state index contributed by atoms with van der Waals surface area (Å²) in [6, 6.07) is 8.15. The minimum Gasteiger partial charge on any atom is -0.384 e. The summed E-state index contributed by atoms with van der Waals surface area (Å²) in [5, 5.41) is 3.33. The molecular formula is C15H20N2O. The summed E-state index contributed by atoms with van der Waals surface area (Å²) in [7, 11) is 0. The Morgan fingerprint density at radius 1 is 1.22 bits per heavy atom. The van der Waals surface area contributed by atoms with Gasteiger partial charge in [-0.3, -0.25) is 4.79 Å². The van der Waals surface area contributed by atoms with Gasteiger partial charge in [-0.15, -0.1) is 0 Å². The smallest absolute Gasteiger partial charge is 0.232 e. The molecule has 0 spiro atoms. The van der Waals surface area contributed by atoms with Gasteiger partial charge in [0.05, 0.1) is 5.92 Å². The van der Waals surface area contributed by atoms with Gasteiger partial charge < -0.3 is 10.2 Å². The lowest BCUT2D eigenvalue weighted by Crippen LogP contribution is -2.34. The topological polar surface area (TPSA) is 32.3 Å². The summed E-state index contributed by atoms with van der Waals surface area (Å²) in [5.41, 5.74) is 2.28. The van der Waals surface area contributed by atoms with Crippen LogP contribution in [0.2, 0.25) is 0 Å². The molecule has 1 aromatic carbocycles. The highest BCUT2D eigenvalue weighted by atomic mass is 16.2. The van der Waals surface area contributed by atoms with E-state index in [2.05, 4.69) is 31.3 Å². The van der Waals surface area contributed by atoms with E-state index in [0.717, 1.165) is 30.9 Å². The van der Waals surface area contributed by atoms with Crippen molar-refractivity contribution in [2.24, 2.45) is 11.8 Å². The number of rotatable bonds is 1. The molecule has 1 N–H and O–H groups in total. The van der Waals surface area contributed by atoms with Crippen LogP contribution in [0.5, 0.6) is 0 Å². The molecule has 1 fully saturated rings. The normalized spacial score (nSPS) is 30.1. The zero-order valence-electron chi connectivity index (χ0n) is 11.0. The molecule has 1 saturated heterocycles. The molecule has 0 aliphatic carbocycles. The molecule has 3 nitrogen and oxygen atoms in total. The van der Waals surface area contributed by atoms with Crippen LogP contribution in [0.3, 0.4) is 0 Å². The van der Waals surface area contributed by atoms with E-state index in [0.29, 0.717) is 17.7 Å². The van der Waals surface area contributed by atoms with E-state index in [9.17, 15) is 4.79 Å². The summed E-state index contributed by atoms with van der Waals surface area (Å²) in [6.45, 7) is 7.05. The molecule has 3 unspecified atom stereocenters. The highest BCUT2D eigenvalue weighted by molar-refractivity contribution is 5.88. The zero-order valence-corrected chi connectivity index (χ0v) is 11.0. The van der Waals surface area contributed by atoms with Crippen molar-refractivity contribution in [2.45, 2.75) is 19.8 Å². The van der Waals surface area contributed by atoms with E-state index >= 15 is 0 Å². The van der Waals surface area contributed by atoms with Gasteiger partial charge in [0.2, 0.25) is 5.91 Å². The third kappa shape index (κ3) is 1.78. The largest absolute Gasteiger partial charge is 0.384 e. The quantitative estimate of drug-likeness (QED) is 0.822. The maximum atomic E-state index is 12.6. The van der Waals surface area contributed by atoms with Gasteiger partial charge in [0.15, 0.2) is 0 Å². The van der Waals surface area contributed by atoms with Gasteiger partial charge in [-0.25, -0.2) is 0 Å². The summed E-state index contributed by atoms with van der Waals surface area (Å²) in [6.07, 6.45) is 0. The van der Waals surface area contributed by atoms with Crippen molar-refractivity contribution >= 4 is 11.6 Å². The third-order valence-electron chi connectivity index (χ3n) is 4.43. The minimum absolute atomic E-state index is 0.0127. The lowest BCUT2D eigenvalue weighted by Gasteiger charge is -2.20. The molecule has 3 atom stereocenters. The van der Waals surface area contributed by atoms with Gasteiger partial charge >= 0.3 is 0 Å². The van der Waals surface area contributed by atoms with Gasteiger partial charge in [0, 0.05) is 25.3 Å². The molecule has 1 amide bonds. The molecule has 2 aliphatic rings. The van der Waals surface area contributed by atoms with Crippen molar-refractivity contribution in [1.29, 1.82) is 0 Å². The lowest BCUT2D eigenvalue weighted by atomic mass is 10.00. The summed E-state index contributed by atoms with van der Waals surface area (Å²) < 4.78 is 0. The van der Waals surface area contributed by atoms with E-state index in [4.69, 9.17) is 0 Å². The fraction of sp³-hybridized carbons (Fsp3) is 0.533. The van der Waals surface area contributed by atoms with Crippen molar-refractivity contribution in [3.8, 4) is 0 Å². The highest BCUT2D eigenvalue weighted by Crippen LogP contribution is 2.34. The monoisotopic (exact) mass is 244 g/mol. The van der Waals surface area contributed by atoms with Crippen LogP contribution in [0, 0.1) is 11.8 Å². The Bertz CT molecular complexity index is 461. The number of hydrogen-bond donors (Lipinski definition) is 1. The second-order valence-electron chi connectivity index (χ2n) is 5.72. The van der Waals surface area contributed by atoms with Gasteiger partial charge in [0.25, 0.3) is 0 Å². The number of anilines is 1. The molecule has 3 heteroatoms. The molecule has 0 aromatic heterocycles. The van der Waals surface area contributed by atoms with E-state index < -0.39 is 0 Å². The zero-order chi connectivity index (χ0) is 12.7. The number of para-hydroxylation sites is 1. The van der Waals surface area contributed by atoms with Gasteiger partial charge in [-0.2, -0.15) is 0 Å². The predicted molar refractivity (Wildman–Crippen MR) is 72.6 cm³/mol. The number of benzene rings is 1. The Hall–Kier alpha value is -1.51. The van der Waals surface area contributed by atoms with E-state index in [-0.39, 0.29) is 5.92 Å². The number of fused-ring (bicyclic) bond motifs is 1. The van der Waals surface area contributed by atoms with Crippen molar-refractivity contribution in [2.75, 3.05) is 25.0 Å². The second kappa shape index (κ2) is 4.30. The predicted octanol–water partition coefficient (Wildman–Crippen LogP) is 2.31. The second-order valence-corrected chi connectivity index (χ2v) is 5.72. The molecule has 0 saturated carbocycles. The summed E-state index contributed by atoms with van der Waals surface area (Å²) >= 11 is 0. The standard InChI is InChI=1S/C15H20N2O/c1-10-8-17(9-11(10)2)15(18)13-7-16-14-6-4-3-5-12(13)14/h3-6,10-11,13,16H,7-9H2,1-2H3. The minimum atomic E-state index is 0.0127. The molecule has 2 heterocycles. The number of carbonyl (C=O) groups is 1. The highest BCUT2D eigenvalue weighted by Gasteiger charge is 2.36. The molecular weight excluding hydrogens is 224 g/mol. The Morgan fingerprint density at radius 3 is 2.61 bits per heavy atom. The first kappa shape index (κ1) is 11.6. The average molecular weight is 244 g/mol. The van der Waals surface area contributed by atoms with Crippen molar-refractivity contribution < 1.29 is 4.79 Å². The first-order valence-corrected chi connectivity index (χ1v) is 6.78. The molecule has 2 aliphatic heterocycles. The molecule has 0 radical (unpaired) electrons. The number of hydrogen-bond acceptors (Lipinski definition) is 2. The van der Waals surface area contributed by atoms with Crippen LogP contribution in [-0.4, -0.2) is 30.4 Å². The van der Waals surface area contributed by atoms with Gasteiger partial charge in [-0.1, -0.05) is 32.0 Å². The number of likely N-dealkylation sites (tertiary alicyclic amines) is 1. The molecule has 1 aromatic rings. The van der Waals surface area contributed by atoms with Crippen LogP contribution in [0.4, 0.5) is 5.69 Å². The van der Waals surface area contributed by atoms with Crippen LogP contribution < -0.4 is 5.32 Å². The van der Waals surface area contributed by atoms with E-state index in [1.165, 1.54) is 0 Å². The fourth-order valence-electron chi connectivity index (χ4n) is 3.03. The Kier molecular flexibility index (Phi) is 2.77. The first-order chi connectivity index (χ1) is 8.66. The summed E-state index contributed by atoms with van der Waals surface area (Å²) in [5.74, 6) is 1.56. The third-order valence-corrected chi connectivity index (χ3v) is 4.43. The Labute approximate surface area is 108 Å². The maximum Gasteiger partial charge on any atom is 0.232 e. The maximum absolute atomic E-state index is 12.6. The lowest BCUT2D eigenvalue weighted by molar-refractivity contribution is -0.131.